The summed E-state index contributed by atoms with van der Waals surface area (Å²) in [7, 11) is 1.78. The Labute approximate surface area is 104 Å². The molecule has 1 amide bonds. The number of hydrogen-bond acceptors (Lipinski definition) is 3. The maximum Gasteiger partial charge on any atom is 0.258 e. The first-order chi connectivity index (χ1) is 8.09. The highest BCUT2D eigenvalue weighted by Crippen LogP contribution is 2.27. The fourth-order valence-corrected chi connectivity index (χ4v) is 2.56. The minimum Gasteiger partial charge on any atom is -0.399 e. The van der Waals surface area contributed by atoms with Gasteiger partial charge in [-0.1, -0.05) is 6.07 Å². The van der Waals surface area contributed by atoms with Gasteiger partial charge in [0.2, 0.25) is 0 Å². The van der Waals surface area contributed by atoms with E-state index < -0.39 is 0 Å². The van der Waals surface area contributed by atoms with E-state index in [1.165, 1.54) is 0 Å². The van der Waals surface area contributed by atoms with Crippen molar-refractivity contribution in [3.8, 4) is 0 Å². The van der Waals surface area contributed by atoms with Gasteiger partial charge in [0, 0.05) is 18.3 Å². The largest absolute Gasteiger partial charge is 0.399 e. The third-order valence-corrected chi connectivity index (χ3v) is 3.67. The molecule has 88 valence electrons. The summed E-state index contributed by atoms with van der Waals surface area (Å²) in [6.07, 6.45) is 0. The normalized spacial score (nSPS) is 10.2. The van der Waals surface area contributed by atoms with E-state index >= 15 is 0 Å². The average Bonchev–Trinajstić information content (AvgIpc) is 2.73. The fraction of sp³-hybridized carbons (Fsp3) is 0.154. The number of amides is 1. The van der Waals surface area contributed by atoms with Gasteiger partial charge in [-0.25, -0.2) is 0 Å². The van der Waals surface area contributed by atoms with Crippen molar-refractivity contribution in [3.05, 3.63) is 46.8 Å². The molecule has 0 saturated carbocycles. The Morgan fingerprint density at radius 3 is 2.71 bits per heavy atom. The van der Waals surface area contributed by atoms with Crippen molar-refractivity contribution in [3.63, 3.8) is 0 Å². The molecule has 0 atom stereocenters. The predicted molar refractivity (Wildman–Crippen MR) is 72.6 cm³/mol. The third-order valence-electron chi connectivity index (χ3n) is 2.58. The van der Waals surface area contributed by atoms with Crippen LogP contribution in [0.25, 0.3) is 0 Å². The number of hydrogen-bond donors (Lipinski definition) is 1. The Morgan fingerprint density at radius 2 is 2.12 bits per heavy atom. The SMILES string of the molecule is Cc1ccsc1N(C)C(=O)c1cccc(N)c1. The lowest BCUT2D eigenvalue weighted by Gasteiger charge is -2.16. The van der Waals surface area contributed by atoms with Crippen LogP contribution in [-0.4, -0.2) is 13.0 Å². The first-order valence-corrected chi connectivity index (χ1v) is 6.15. The second-order valence-electron chi connectivity index (χ2n) is 3.90. The van der Waals surface area contributed by atoms with Gasteiger partial charge >= 0.3 is 0 Å². The standard InChI is InChI=1S/C13H14N2OS/c1-9-6-7-17-13(9)15(2)12(16)10-4-3-5-11(14)8-10/h3-8H,14H2,1-2H3. The van der Waals surface area contributed by atoms with Gasteiger partial charge in [-0.2, -0.15) is 0 Å². The molecule has 0 aliphatic carbocycles. The summed E-state index contributed by atoms with van der Waals surface area (Å²) in [5.74, 6) is -0.0390. The van der Waals surface area contributed by atoms with Crippen LogP contribution >= 0.6 is 11.3 Å². The topological polar surface area (TPSA) is 46.3 Å². The van der Waals surface area contributed by atoms with E-state index in [0.717, 1.165) is 10.6 Å². The molecular weight excluding hydrogens is 232 g/mol. The van der Waals surface area contributed by atoms with Crippen LogP contribution in [0, 0.1) is 6.92 Å². The highest BCUT2D eigenvalue weighted by molar-refractivity contribution is 7.14. The van der Waals surface area contributed by atoms with E-state index in [1.807, 2.05) is 18.4 Å². The van der Waals surface area contributed by atoms with Crippen LogP contribution in [0.15, 0.2) is 35.7 Å². The summed E-state index contributed by atoms with van der Waals surface area (Å²) >= 11 is 1.56. The molecule has 2 N–H and O–H groups in total. The molecular formula is C13H14N2OS. The lowest BCUT2D eigenvalue weighted by Crippen LogP contribution is -2.25. The van der Waals surface area contributed by atoms with E-state index in [4.69, 9.17) is 5.73 Å². The highest BCUT2D eigenvalue weighted by Gasteiger charge is 2.15. The first-order valence-electron chi connectivity index (χ1n) is 5.27. The number of nitrogens with two attached hydrogens (primary N) is 1. The van der Waals surface area contributed by atoms with Gasteiger partial charge < -0.3 is 10.6 Å². The van der Waals surface area contributed by atoms with Crippen LogP contribution in [0.5, 0.6) is 0 Å². The molecule has 4 heteroatoms. The van der Waals surface area contributed by atoms with Gasteiger partial charge in [0.25, 0.3) is 5.91 Å². The number of nitrogens with zero attached hydrogens (tertiary/aromatic N) is 1. The highest BCUT2D eigenvalue weighted by atomic mass is 32.1. The summed E-state index contributed by atoms with van der Waals surface area (Å²) in [5.41, 5.74) is 8.00. The van der Waals surface area contributed by atoms with Gasteiger partial charge in [0.05, 0.1) is 0 Å². The molecule has 1 aromatic heterocycles. The molecule has 0 bridgehead atoms. The number of aryl methyl sites for hydroxylation is 1. The van der Waals surface area contributed by atoms with Crippen molar-refractivity contribution in [2.45, 2.75) is 6.92 Å². The quantitative estimate of drug-likeness (QED) is 0.828. The van der Waals surface area contributed by atoms with Crippen molar-refractivity contribution in [1.82, 2.24) is 0 Å². The molecule has 17 heavy (non-hydrogen) atoms. The second kappa shape index (κ2) is 4.59. The Balaban J connectivity index is 2.30. The third kappa shape index (κ3) is 2.31. The van der Waals surface area contributed by atoms with Crippen molar-refractivity contribution >= 4 is 27.9 Å². The van der Waals surface area contributed by atoms with Crippen molar-refractivity contribution in [2.75, 3.05) is 17.7 Å². The van der Waals surface area contributed by atoms with Crippen molar-refractivity contribution in [2.24, 2.45) is 0 Å². The molecule has 0 spiro atoms. The van der Waals surface area contributed by atoms with Crippen molar-refractivity contribution < 1.29 is 4.79 Å². The number of carbonyl (C=O) groups is 1. The summed E-state index contributed by atoms with van der Waals surface area (Å²) in [6, 6.07) is 9.04. The van der Waals surface area contributed by atoms with Crippen LogP contribution in [0.3, 0.4) is 0 Å². The minimum atomic E-state index is -0.0390. The lowest BCUT2D eigenvalue weighted by atomic mass is 10.2. The summed E-state index contributed by atoms with van der Waals surface area (Å²) in [5, 5.41) is 2.95. The minimum absolute atomic E-state index is 0.0390. The number of rotatable bonds is 2. The number of thiophene rings is 1. The Bertz CT molecular complexity index is 548. The second-order valence-corrected chi connectivity index (χ2v) is 4.79. The van der Waals surface area contributed by atoms with E-state index in [2.05, 4.69) is 0 Å². The maximum atomic E-state index is 12.2. The van der Waals surface area contributed by atoms with Gasteiger partial charge in [-0.15, -0.1) is 11.3 Å². The van der Waals surface area contributed by atoms with Gasteiger partial charge in [0.1, 0.15) is 5.00 Å². The molecule has 1 aromatic carbocycles. The summed E-state index contributed by atoms with van der Waals surface area (Å²) in [4.78, 5) is 13.9. The van der Waals surface area contributed by atoms with E-state index in [9.17, 15) is 4.79 Å². The van der Waals surface area contributed by atoms with Crippen LogP contribution in [0.4, 0.5) is 10.7 Å². The number of carbonyl (C=O) groups excluding carboxylic acids is 1. The van der Waals surface area contributed by atoms with Crippen LogP contribution in [-0.2, 0) is 0 Å². The zero-order valence-corrected chi connectivity index (χ0v) is 10.6. The molecule has 2 aromatic rings. The predicted octanol–water partition coefficient (Wildman–Crippen LogP) is 2.92. The molecule has 0 unspecified atom stereocenters. The Morgan fingerprint density at radius 1 is 1.35 bits per heavy atom. The van der Waals surface area contributed by atoms with Crippen LogP contribution in [0.2, 0.25) is 0 Å². The van der Waals surface area contributed by atoms with E-state index in [-0.39, 0.29) is 5.91 Å². The van der Waals surface area contributed by atoms with Gasteiger partial charge in [-0.3, -0.25) is 4.79 Å². The number of benzene rings is 1. The maximum absolute atomic E-state index is 12.2. The number of anilines is 2. The molecule has 0 aliphatic heterocycles. The molecule has 0 fully saturated rings. The van der Waals surface area contributed by atoms with Gasteiger partial charge in [0.15, 0.2) is 0 Å². The van der Waals surface area contributed by atoms with Crippen molar-refractivity contribution in [1.29, 1.82) is 0 Å². The molecule has 0 saturated heterocycles. The Hall–Kier alpha value is -1.81. The number of nitrogen functional groups attached to an aromatic ring is 1. The average molecular weight is 246 g/mol. The molecule has 3 nitrogen and oxygen atoms in total. The van der Waals surface area contributed by atoms with E-state index in [0.29, 0.717) is 11.3 Å². The van der Waals surface area contributed by atoms with E-state index in [1.54, 1.807) is 47.5 Å². The molecule has 1 heterocycles. The molecule has 2 rings (SSSR count). The fourth-order valence-electron chi connectivity index (χ4n) is 1.67. The summed E-state index contributed by atoms with van der Waals surface area (Å²) in [6.45, 7) is 2.00. The van der Waals surface area contributed by atoms with Gasteiger partial charge in [-0.05, 0) is 42.1 Å². The Kier molecular flexibility index (Phi) is 3.15. The monoisotopic (exact) mass is 246 g/mol. The smallest absolute Gasteiger partial charge is 0.258 e. The zero-order chi connectivity index (χ0) is 12.4. The van der Waals surface area contributed by atoms with Crippen LogP contribution < -0.4 is 10.6 Å². The zero-order valence-electron chi connectivity index (χ0n) is 9.81. The van der Waals surface area contributed by atoms with Crippen LogP contribution in [0.1, 0.15) is 15.9 Å². The summed E-state index contributed by atoms with van der Waals surface area (Å²) < 4.78 is 0. The molecule has 0 radical (unpaired) electrons. The lowest BCUT2D eigenvalue weighted by molar-refractivity contribution is 0.0993. The molecule has 0 aliphatic rings. The first kappa shape index (κ1) is 11.7.